The highest BCUT2D eigenvalue weighted by molar-refractivity contribution is 5.83. The Morgan fingerprint density at radius 1 is 2.00 bits per heavy atom. The number of Topliss-reactive ketones (excluding diaryl/α,β-unsaturated/α-hetero) is 1. The Kier molecular flexibility index (Phi) is 1.73. The normalized spacial score (nSPS) is 7.60. The van der Waals surface area contributed by atoms with Gasteiger partial charge in [-0.25, -0.2) is 4.39 Å². The van der Waals surface area contributed by atoms with Gasteiger partial charge in [-0.1, -0.05) is 0 Å². The largest absolute Gasteiger partial charge is 0.296 e. The average molecular weight is 74.1 g/mol. The molecule has 2 radical (unpaired) electrons. The molecule has 5 heavy (non-hydrogen) atoms. The van der Waals surface area contributed by atoms with Crippen molar-refractivity contribution in [1.82, 2.24) is 0 Å². The van der Waals surface area contributed by atoms with Gasteiger partial charge in [0.25, 0.3) is 0 Å². The van der Waals surface area contributed by atoms with Gasteiger partial charge in [0.05, 0.1) is 0 Å². The Bertz CT molecular complexity index is 42.2. The van der Waals surface area contributed by atoms with Crippen LogP contribution in [-0.2, 0) is 4.79 Å². The van der Waals surface area contributed by atoms with E-state index < -0.39 is 12.5 Å². The van der Waals surface area contributed by atoms with E-state index >= 15 is 0 Å². The summed E-state index contributed by atoms with van der Waals surface area (Å²) in [4.78, 5) is 9.22. The van der Waals surface area contributed by atoms with Crippen molar-refractivity contribution in [3.8, 4) is 0 Å². The Balaban J connectivity index is 2.85. The van der Waals surface area contributed by atoms with Crippen LogP contribution in [0.2, 0.25) is 0 Å². The van der Waals surface area contributed by atoms with Crippen LogP contribution < -0.4 is 0 Å². The number of hydrogen-bond acceptors (Lipinski definition) is 1. The predicted molar refractivity (Wildman–Crippen MR) is 15.3 cm³/mol. The molecule has 0 aliphatic heterocycles. The molecule has 0 heterocycles. The first kappa shape index (κ1) is 4.60. The molecule has 0 unspecified atom stereocenters. The maximum absolute atomic E-state index is 10.6. The molecular weight excluding hydrogens is 71.0 g/mol. The second kappa shape index (κ2) is 1.88. The van der Waals surface area contributed by atoms with Crippen molar-refractivity contribution in [2.75, 3.05) is 6.67 Å². The summed E-state index contributed by atoms with van der Waals surface area (Å²) in [5.74, 6) is -0.912. The summed E-state index contributed by atoms with van der Waals surface area (Å²) in [6.07, 6.45) is 0. The van der Waals surface area contributed by atoms with Gasteiger partial charge in [0.2, 0.25) is 0 Å². The van der Waals surface area contributed by atoms with Crippen molar-refractivity contribution in [2.45, 2.75) is 0 Å². The quantitative estimate of drug-likeness (QED) is 0.435. The van der Waals surface area contributed by atoms with Gasteiger partial charge in [0.15, 0.2) is 5.78 Å². The molecular formula is C3H3FO. The number of carbonyl (C=O) groups excluding carboxylic acids is 1. The third kappa shape index (κ3) is 3.60. The molecule has 28 valence electrons. The molecule has 0 aromatic carbocycles. The van der Waals surface area contributed by atoms with E-state index in [2.05, 4.69) is 6.92 Å². The van der Waals surface area contributed by atoms with Crippen LogP contribution in [0.25, 0.3) is 0 Å². The number of rotatable bonds is 1. The summed E-state index contributed by atoms with van der Waals surface area (Å²) in [6, 6.07) is 0. The molecule has 0 aromatic rings. The van der Waals surface area contributed by atoms with E-state index in [9.17, 15) is 9.18 Å². The third-order valence-corrected chi connectivity index (χ3v) is 0.132. The topological polar surface area (TPSA) is 17.1 Å². The number of carbonyl (C=O) groups is 1. The molecule has 0 aliphatic carbocycles. The molecule has 0 fully saturated rings. The molecule has 0 N–H and O–H groups in total. The van der Waals surface area contributed by atoms with Crippen LogP contribution >= 0.6 is 0 Å². The number of alkyl halides is 1. The van der Waals surface area contributed by atoms with E-state index in [1.807, 2.05) is 0 Å². The standard InChI is InChI=1S/C3H3FO/c1-3(5)2-4/h1H,2H2. The van der Waals surface area contributed by atoms with E-state index in [-0.39, 0.29) is 0 Å². The van der Waals surface area contributed by atoms with Crippen LogP contribution in [0.1, 0.15) is 0 Å². The third-order valence-electron chi connectivity index (χ3n) is 0.132. The predicted octanol–water partition coefficient (Wildman–Crippen LogP) is 0.236. The van der Waals surface area contributed by atoms with E-state index in [1.165, 1.54) is 0 Å². The van der Waals surface area contributed by atoms with Gasteiger partial charge in [0, 0.05) is 6.92 Å². The van der Waals surface area contributed by atoms with E-state index in [1.54, 1.807) is 0 Å². The zero-order valence-corrected chi connectivity index (χ0v) is 2.57. The molecule has 0 aliphatic rings. The highest BCUT2D eigenvalue weighted by Gasteiger charge is 1.82. The number of ketones is 1. The Hall–Kier alpha value is -0.400. The minimum absolute atomic E-state index is 0.912. The highest BCUT2D eigenvalue weighted by atomic mass is 19.1. The Labute approximate surface area is 29.8 Å². The van der Waals surface area contributed by atoms with Gasteiger partial charge in [-0.15, -0.1) is 0 Å². The molecule has 1 nitrogen and oxygen atoms in total. The number of hydrogen-bond donors (Lipinski definition) is 0. The van der Waals surface area contributed by atoms with Crippen LogP contribution in [0.4, 0.5) is 4.39 Å². The fraction of sp³-hybridized carbons (Fsp3) is 0.333. The van der Waals surface area contributed by atoms with Gasteiger partial charge in [-0.3, -0.25) is 4.79 Å². The van der Waals surface area contributed by atoms with Crippen molar-refractivity contribution in [1.29, 1.82) is 0 Å². The molecule has 0 bridgehead atoms. The fourth-order valence-electron chi connectivity index (χ4n) is 0. The summed E-state index contributed by atoms with van der Waals surface area (Å²) in [5.41, 5.74) is 0. The van der Waals surface area contributed by atoms with E-state index in [4.69, 9.17) is 0 Å². The summed E-state index contributed by atoms with van der Waals surface area (Å²) < 4.78 is 10.6. The lowest BCUT2D eigenvalue weighted by atomic mass is 10.5. The van der Waals surface area contributed by atoms with Crippen molar-refractivity contribution in [3.63, 3.8) is 0 Å². The van der Waals surface area contributed by atoms with Crippen molar-refractivity contribution in [2.24, 2.45) is 0 Å². The van der Waals surface area contributed by atoms with Crippen molar-refractivity contribution in [3.05, 3.63) is 6.92 Å². The van der Waals surface area contributed by atoms with Gasteiger partial charge < -0.3 is 0 Å². The lowest BCUT2D eigenvalue weighted by Gasteiger charge is -1.67. The summed E-state index contributed by atoms with van der Waals surface area (Å²) in [7, 11) is 0. The Morgan fingerprint density at radius 3 is 2.20 bits per heavy atom. The molecule has 0 rings (SSSR count). The molecule has 0 saturated carbocycles. The van der Waals surface area contributed by atoms with Crippen LogP contribution in [0.3, 0.4) is 0 Å². The van der Waals surface area contributed by atoms with Crippen LogP contribution in [0, 0.1) is 6.92 Å². The highest BCUT2D eigenvalue weighted by Crippen LogP contribution is 1.64. The maximum atomic E-state index is 10.6. The average Bonchev–Trinajstić information content (AvgIpc) is 1.38. The first-order chi connectivity index (χ1) is 2.27. The first-order valence-corrected chi connectivity index (χ1v) is 1.11. The molecule has 0 spiro atoms. The molecule has 0 aromatic heterocycles. The lowest BCUT2D eigenvalue weighted by molar-refractivity contribution is -0.115. The van der Waals surface area contributed by atoms with E-state index in [0.29, 0.717) is 0 Å². The molecule has 0 amide bonds. The van der Waals surface area contributed by atoms with Gasteiger partial charge >= 0.3 is 0 Å². The number of halogens is 1. The monoisotopic (exact) mass is 74.0 g/mol. The van der Waals surface area contributed by atoms with Gasteiger partial charge in [0.1, 0.15) is 6.67 Å². The zero-order valence-electron chi connectivity index (χ0n) is 2.57. The lowest BCUT2D eigenvalue weighted by Crippen LogP contribution is -1.88. The van der Waals surface area contributed by atoms with Crippen molar-refractivity contribution >= 4 is 5.78 Å². The smallest absolute Gasteiger partial charge is 0.168 e. The minimum Gasteiger partial charge on any atom is -0.296 e. The molecule has 0 saturated heterocycles. The van der Waals surface area contributed by atoms with Gasteiger partial charge in [-0.05, 0) is 0 Å². The summed E-state index contributed by atoms with van der Waals surface area (Å²) >= 11 is 0. The Morgan fingerprint density at radius 2 is 2.20 bits per heavy atom. The first-order valence-electron chi connectivity index (χ1n) is 1.11. The summed E-state index contributed by atoms with van der Waals surface area (Å²) in [6.45, 7) is 3.22. The zero-order chi connectivity index (χ0) is 4.28. The minimum atomic E-state index is -1.06. The van der Waals surface area contributed by atoms with Crippen molar-refractivity contribution < 1.29 is 9.18 Å². The molecule has 0 atom stereocenters. The van der Waals surface area contributed by atoms with Crippen LogP contribution in [0.15, 0.2) is 0 Å². The fourth-order valence-corrected chi connectivity index (χ4v) is 0. The second-order valence-corrected chi connectivity index (χ2v) is 0.600. The SMILES string of the molecule is [CH]C(=O)CF. The molecule has 2 heteroatoms. The maximum Gasteiger partial charge on any atom is 0.168 e. The van der Waals surface area contributed by atoms with Crippen LogP contribution in [0.5, 0.6) is 0 Å². The van der Waals surface area contributed by atoms with Crippen LogP contribution in [-0.4, -0.2) is 12.5 Å². The van der Waals surface area contributed by atoms with E-state index in [0.717, 1.165) is 0 Å². The summed E-state index contributed by atoms with van der Waals surface area (Å²) in [5, 5.41) is 0. The van der Waals surface area contributed by atoms with Gasteiger partial charge in [-0.2, -0.15) is 0 Å². The second-order valence-electron chi connectivity index (χ2n) is 0.600.